The Morgan fingerprint density at radius 2 is 1.76 bits per heavy atom. The van der Waals surface area contributed by atoms with Crippen molar-refractivity contribution in [2.45, 2.75) is 32.7 Å². The Labute approximate surface area is 166 Å². The van der Waals surface area contributed by atoms with Crippen molar-refractivity contribution in [3.63, 3.8) is 0 Å². The van der Waals surface area contributed by atoms with Gasteiger partial charge in [0.05, 0.1) is 23.3 Å². The largest absolute Gasteiger partial charge is 0.417 e. The van der Waals surface area contributed by atoms with Crippen molar-refractivity contribution >= 4 is 16.8 Å². The van der Waals surface area contributed by atoms with Crippen LogP contribution in [0.1, 0.15) is 40.4 Å². The minimum atomic E-state index is -4.68. The summed E-state index contributed by atoms with van der Waals surface area (Å²) in [7, 11) is 0. The number of nitrogens with zero attached hydrogens (tertiary/aromatic N) is 1. The van der Waals surface area contributed by atoms with E-state index in [0.29, 0.717) is 13.2 Å². The molecule has 0 spiro atoms. The van der Waals surface area contributed by atoms with Crippen LogP contribution in [0.15, 0.2) is 54.7 Å². The lowest BCUT2D eigenvalue weighted by Crippen LogP contribution is -2.27. The number of pyridine rings is 1. The first kappa shape index (κ1) is 20.8. The van der Waals surface area contributed by atoms with Gasteiger partial charge in [-0.1, -0.05) is 49.4 Å². The van der Waals surface area contributed by atoms with Gasteiger partial charge >= 0.3 is 6.18 Å². The van der Waals surface area contributed by atoms with Gasteiger partial charge in [-0.25, -0.2) is 0 Å². The zero-order valence-corrected chi connectivity index (χ0v) is 15.9. The number of para-hydroxylation sites is 1. The number of carbonyl (C=O) groups excluding carboxylic acids is 1. The van der Waals surface area contributed by atoms with Gasteiger partial charge in [0.1, 0.15) is 0 Å². The van der Waals surface area contributed by atoms with Crippen molar-refractivity contribution in [2.75, 3.05) is 6.61 Å². The number of nitrogens with one attached hydrogen (secondary N) is 1. The van der Waals surface area contributed by atoms with Crippen molar-refractivity contribution in [1.29, 1.82) is 0 Å². The van der Waals surface area contributed by atoms with E-state index in [1.807, 2.05) is 31.2 Å². The maximum Gasteiger partial charge on any atom is 0.417 e. The summed E-state index contributed by atoms with van der Waals surface area (Å²) in [6.45, 7) is 3.08. The molecule has 0 bridgehead atoms. The maximum atomic E-state index is 13.7. The summed E-state index contributed by atoms with van der Waals surface area (Å²) < 4.78 is 46.7. The third-order valence-electron chi connectivity index (χ3n) is 4.47. The average molecular weight is 402 g/mol. The average Bonchev–Trinajstić information content (AvgIpc) is 2.71. The SMILES string of the molecule is CCCOCc1ccccc1CNC(=O)c1cnc2ccccc2c1C(F)(F)F. The highest BCUT2D eigenvalue weighted by atomic mass is 19.4. The summed E-state index contributed by atoms with van der Waals surface area (Å²) in [6.07, 6.45) is -2.81. The molecule has 152 valence electrons. The third kappa shape index (κ3) is 4.92. The predicted octanol–water partition coefficient (Wildman–Crippen LogP) is 5.11. The van der Waals surface area contributed by atoms with Crippen LogP contribution in [-0.4, -0.2) is 17.5 Å². The van der Waals surface area contributed by atoms with E-state index in [1.165, 1.54) is 18.2 Å². The van der Waals surface area contributed by atoms with E-state index in [-0.39, 0.29) is 17.4 Å². The predicted molar refractivity (Wildman–Crippen MR) is 104 cm³/mol. The lowest BCUT2D eigenvalue weighted by molar-refractivity contribution is -0.136. The van der Waals surface area contributed by atoms with Gasteiger partial charge in [-0.15, -0.1) is 0 Å². The summed E-state index contributed by atoms with van der Waals surface area (Å²) in [5, 5.41) is 2.49. The molecule has 2 aromatic carbocycles. The number of amides is 1. The summed E-state index contributed by atoms with van der Waals surface area (Å²) in [4.78, 5) is 16.6. The Hall–Kier alpha value is -2.93. The fraction of sp³-hybridized carbons (Fsp3) is 0.273. The van der Waals surface area contributed by atoms with E-state index in [9.17, 15) is 18.0 Å². The van der Waals surface area contributed by atoms with Crippen LogP contribution in [0.25, 0.3) is 10.9 Å². The first-order valence-electron chi connectivity index (χ1n) is 9.29. The molecule has 0 saturated carbocycles. The molecule has 1 aromatic heterocycles. The highest BCUT2D eigenvalue weighted by Crippen LogP contribution is 2.36. The highest BCUT2D eigenvalue weighted by Gasteiger charge is 2.37. The van der Waals surface area contributed by atoms with Gasteiger partial charge in [0.25, 0.3) is 5.91 Å². The van der Waals surface area contributed by atoms with Crippen LogP contribution < -0.4 is 5.32 Å². The molecule has 0 fully saturated rings. The molecule has 0 atom stereocenters. The van der Waals surface area contributed by atoms with Gasteiger partial charge in [-0.05, 0) is 23.6 Å². The molecule has 1 amide bonds. The van der Waals surface area contributed by atoms with Crippen LogP contribution in [-0.2, 0) is 24.1 Å². The molecule has 1 N–H and O–H groups in total. The van der Waals surface area contributed by atoms with Crippen LogP contribution in [0.5, 0.6) is 0 Å². The van der Waals surface area contributed by atoms with E-state index in [4.69, 9.17) is 4.74 Å². The monoisotopic (exact) mass is 402 g/mol. The second-order valence-electron chi connectivity index (χ2n) is 6.57. The lowest BCUT2D eigenvalue weighted by atomic mass is 10.0. The molecule has 4 nitrogen and oxygen atoms in total. The van der Waals surface area contributed by atoms with Gasteiger partial charge in [0.2, 0.25) is 0 Å². The Morgan fingerprint density at radius 3 is 2.48 bits per heavy atom. The minimum Gasteiger partial charge on any atom is -0.377 e. The van der Waals surface area contributed by atoms with E-state index in [2.05, 4.69) is 10.3 Å². The zero-order valence-electron chi connectivity index (χ0n) is 15.9. The molecular formula is C22H21F3N2O2. The Morgan fingerprint density at radius 1 is 1.07 bits per heavy atom. The van der Waals surface area contributed by atoms with Crippen molar-refractivity contribution in [3.8, 4) is 0 Å². The first-order valence-corrected chi connectivity index (χ1v) is 9.29. The van der Waals surface area contributed by atoms with Crippen molar-refractivity contribution < 1.29 is 22.7 Å². The quantitative estimate of drug-likeness (QED) is 0.559. The number of hydrogen-bond acceptors (Lipinski definition) is 3. The Balaban J connectivity index is 1.85. The first-order chi connectivity index (χ1) is 13.9. The fourth-order valence-electron chi connectivity index (χ4n) is 3.09. The van der Waals surface area contributed by atoms with Crippen molar-refractivity contribution in [1.82, 2.24) is 10.3 Å². The number of ether oxygens (including phenoxy) is 1. The Kier molecular flexibility index (Phi) is 6.49. The molecule has 0 aliphatic carbocycles. The summed E-state index contributed by atoms with van der Waals surface area (Å²) in [6, 6.07) is 13.2. The summed E-state index contributed by atoms with van der Waals surface area (Å²) in [5.41, 5.74) is 0.402. The van der Waals surface area contributed by atoms with Gasteiger partial charge < -0.3 is 10.1 Å². The van der Waals surface area contributed by atoms with Gasteiger partial charge in [-0.2, -0.15) is 13.2 Å². The third-order valence-corrected chi connectivity index (χ3v) is 4.47. The number of fused-ring (bicyclic) bond motifs is 1. The molecule has 0 saturated heterocycles. The summed E-state index contributed by atoms with van der Waals surface area (Å²) in [5.74, 6) is -0.820. The smallest absolute Gasteiger partial charge is 0.377 e. The molecule has 0 unspecified atom stereocenters. The maximum absolute atomic E-state index is 13.7. The number of aromatic nitrogens is 1. The molecule has 0 aliphatic heterocycles. The number of halogens is 3. The molecular weight excluding hydrogens is 381 g/mol. The standard InChI is InChI=1S/C22H21F3N2O2/c1-2-11-29-14-16-8-4-3-7-15(16)12-27-21(28)18-13-26-19-10-6-5-9-17(19)20(18)22(23,24)25/h3-10,13H,2,11-12,14H2,1H3,(H,27,28). The molecule has 1 heterocycles. The van der Waals surface area contributed by atoms with E-state index in [0.717, 1.165) is 23.7 Å². The zero-order chi connectivity index (χ0) is 20.9. The molecule has 0 aliphatic rings. The van der Waals surface area contributed by atoms with Crippen LogP contribution >= 0.6 is 0 Å². The lowest BCUT2D eigenvalue weighted by Gasteiger charge is -2.16. The summed E-state index contributed by atoms with van der Waals surface area (Å²) >= 11 is 0. The molecule has 0 radical (unpaired) electrons. The number of hydrogen-bond donors (Lipinski definition) is 1. The topological polar surface area (TPSA) is 51.2 Å². The van der Waals surface area contributed by atoms with Crippen LogP contribution in [0, 0.1) is 0 Å². The van der Waals surface area contributed by atoms with E-state index >= 15 is 0 Å². The van der Waals surface area contributed by atoms with Crippen LogP contribution in [0.4, 0.5) is 13.2 Å². The van der Waals surface area contributed by atoms with Gasteiger partial charge in [-0.3, -0.25) is 9.78 Å². The van der Waals surface area contributed by atoms with E-state index in [1.54, 1.807) is 6.07 Å². The normalized spacial score (nSPS) is 11.6. The number of carbonyl (C=O) groups is 1. The number of benzene rings is 2. The van der Waals surface area contributed by atoms with E-state index < -0.39 is 23.2 Å². The van der Waals surface area contributed by atoms with Crippen LogP contribution in [0.3, 0.4) is 0 Å². The minimum absolute atomic E-state index is 0.0919. The van der Waals surface area contributed by atoms with Gasteiger partial charge in [0.15, 0.2) is 0 Å². The van der Waals surface area contributed by atoms with Crippen molar-refractivity contribution in [3.05, 3.63) is 77.0 Å². The van der Waals surface area contributed by atoms with Crippen molar-refractivity contribution in [2.24, 2.45) is 0 Å². The second-order valence-corrected chi connectivity index (χ2v) is 6.57. The number of alkyl halides is 3. The molecule has 3 rings (SSSR count). The van der Waals surface area contributed by atoms with Crippen LogP contribution in [0.2, 0.25) is 0 Å². The molecule has 3 aromatic rings. The fourth-order valence-corrected chi connectivity index (χ4v) is 3.09. The van der Waals surface area contributed by atoms with Gasteiger partial charge in [0, 0.05) is 24.7 Å². The number of rotatable bonds is 7. The Bertz CT molecular complexity index is 1000. The molecule has 7 heteroatoms. The second kappa shape index (κ2) is 9.05. The highest BCUT2D eigenvalue weighted by molar-refractivity contribution is 6.00. The molecule has 29 heavy (non-hydrogen) atoms.